The fraction of sp³-hybridized carbons (Fsp3) is 0.571. The first-order chi connectivity index (χ1) is 9.56. The molecule has 2 rings (SSSR count). The SMILES string of the molecule is CN(C)C[C@@H]1COCCN(C(=O)c2ccc(Cl)cn2)C1. The molecule has 0 aromatic carbocycles. The van der Waals surface area contributed by atoms with E-state index in [1.807, 2.05) is 19.0 Å². The molecule has 6 heteroatoms. The van der Waals surface area contributed by atoms with Crippen LogP contribution in [-0.4, -0.2) is 67.6 Å². The van der Waals surface area contributed by atoms with Gasteiger partial charge in [0.2, 0.25) is 0 Å². The Morgan fingerprint density at radius 1 is 1.55 bits per heavy atom. The summed E-state index contributed by atoms with van der Waals surface area (Å²) in [5.41, 5.74) is 0.430. The summed E-state index contributed by atoms with van der Waals surface area (Å²) in [6, 6.07) is 3.35. The fourth-order valence-electron chi connectivity index (χ4n) is 2.36. The average Bonchev–Trinajstić information content (AvgIpc) is 2.63. The van der Waals surface area contributed by atoms with E-state index < -0.39 is 0 Å². The van der Waals surface area contributed by atoms with Crippen molar-refractivity contribution in [1.82, 2.24) is 14.8 Å². The van der Waals surface area contributed by atoms with Gasteiger partial charge in [0, 0.05) is 31.7 Å². The van der Waals surface area contributed by atoms with Gasteiger partial charge in [-0.1, -0.05) is 11.6 Å². The van der Waals surface area contributed by atoms with Gasteiger partial charge in [0.05, 0.1) is 18.2 Å². The number of nitrogens with zero attached hydrogens (tertiary/aromatic N) is 3. The number of amides is 1. The van der Waals surface area contributed by atoms with E-state index in [0.717, 1.165) is 6.54 Å². The summed E-state index contributed by atoms with van der Waals surface area (Å²) < 4.78 is 5.58. The van der Waals surface area contributed by atoms with Crippen LogP contribution in [0.3, 0.4) is 0 Å². The molecule has 20 heavy (non-hydrogen) atoms. The predicted octanol–water partition coefficient (Wildman–Crippen LogP) is 1.39. The summed E-state index contributed by atoms with van der Waals surface area (Å²) in [4.78, 5) is 20.5. The normalized spacial score (nSPS) is 20.0. The standard InChI is InChI=1S/C14H20ClN3O2/c1-17(2)8-11-9-18(5-6-20-10-11)14(19)13-4-3-12(15)7-16-13/h3-4,7,11H,5-6,8-10H2,1-2H3/t11-/m0/s1. The van der Waals surface area contributed by atoms with Gasteiger partial charge >= 0.3 is 0 Å². The number of carbonyl (C=O) groups excluding carboxylic acids is 1. The summed E-state index contributed by atoms with van der Waals surface area (Å²) in [6.45, 7) is 3.46. The van der Waals surface area contributed by atoms with Gasteiger partial charge in [0.1, 0.15) is 5.69 Å². The summed E-state index contributed by atoms with van der Waals surface area (Å²) in [5, 5.41) is 0.534. The Kier molecular flexibility index (Phi) is 5.34. The molecule has 0 aliphatic carbocycles. The Labute approximate surface area is 124 Å². The molecule has 0 unspecified atom stereocenters. The number of pyridine rings is 1. The first-order valence-corrected chi connectivity index (χ1v) is 7.07. The van der Waals surface area contributed by atoms with E-state index in [-0.39, 0.29) is 5.91 Å². The van der Waals surface area contributed by atoms with Crippen LogP contribution < -0.4 is 0 Å². The van der Waals surface area contributed by atoms with Crippen LogP contribution in [-0.2, 0) is 4.74 Å². The lowest BCUT2D eigenvalue weighted by molar-refractivity contribution is 0.0729. The van der Waals surface area contributed by atoms with Crippen molar-refractivity contribution in [2.24, 2.45) is 5.92 Å². The number of carbonyl (C=O) groups is 1. The molecule has 1 fully saturated rings. The molecule has 0 bridgehead atoms. The lowest BCUT2D eigenvalue weighted by atomic mass is 10.1. The molecular weight excluding hydrogens is 278 g/mol. The number of aromatic nitrogens is 1. The zero-order valence-electron chi connectivity index (χ0n) is 11.9. The smallest absolute Gasteiger partial charge is 0.272 e. The van der Waals surface area contributed by atoms with Crippen LogP contribution in [0.25, 0.3) is 0 Å². The molecule has 0 spiro atoms. The molecule has 0 saturated carbocycles. The van der Waals surface area contributed by atoms with Gasteiger partial charge < -0.3 is 14.5 Å². The van der Waals surface area contributed by atoms with Crippen LogP contribution in [0.5, 0.6) is 0 Å². The number of rotatable bonds is 3. The van der Waals surface area contributed by atoms with Crippen LogP contribution >= 0.6 is 11.6 Å². The third-order valence-corrected chi connectivity index (χ3v) is 3.42. The van der Waals surface area contributed by atoms with E-state index in [4.69, 9.17) is 16.3 Å². The van der Waals surface area contributed by atoms with Crippen molar-refractivity contribution in [3.63, 3.8) is 0 Å². The number of ether oxygens (including phenoxy) is 1. The molecule has 1 aliphatic rings. The highest BCUT2D eigenvalue weighted by molar-refractivity contribution is 6.30. The molecular formula is C14H20ClN3O2. The van der Waals surface area contributed by atoms with Crippen molar-refractivity contribution >= 4 is 17.5 Å². The third kappa shape index (κ3) is 4.16. The molecule has 1 amide bonds. The second-order valence-electron chi connectivity index (χ2n) is 5.32. The molecule has 1 aromatic heterocycles. The van der Waals surface area contributed by atoms with Crippen molar-refractivity contribution in [2.45, 2.75) is 0 Å². The zero-order valence-corrected chi connectivity index (χ0v) is 12.6. The van der Waals surface area contributed by atoms with E-state index in [0.29, 0.717) is 42.9 Å². The van der Waals surface area contributed by atoms with Gasteiger partial charge in [-0.05, 0) is 26.2 Å². The number of hydrogen-bond donors (Lipinski definition) is 0. The third-order valence-electron chi connectivity index (χ3n) is 3.19. The quantitative estimate of drug-likeness (QED) is 0.846. The maximum Gasteiger partial charge on any atom is 0.272 e. The van der Waals surface area contributed by atoms with Crippen LogP contribution in [0.15, 0.2) is 18.3 Å². The van der Waals surface area contributed by atoms with E-state index >= 15 is 0 Å². The maximum atomic E-state index is 12.4. The maximum absolute atomic E-state index is 12.4. The molecule has 0 radical (unpaired) electrons. The van der Waals surface area contributed by atoms with Gasteiger partial charge in [0.15, 0.2) is 0 Å². The Bertz CT molecular complexity index is 450. The fourth-order valence-corrected chi connectivity index (χ4v) is 2.47. The molecule has 2 heterocycles. The minimum Gasteiger partial charge on any atom is -0.379 e. The number of halogens is 1. The van der Waals surface area contributed by atoms with Gasteiger partial charge in [-0.15, -0.1) is 0 Å². The van der Waals surface area contributed by atoms with Crippen molar-refractivity contribution in [3.05, 3.63) is 29.0 Å². The van der Waals surface area contributed by atoms with Gasteiger partial charge in [-0.2, -0.15) is 0 Å². The predicted molar refractivity (Wildman–Crippen MR) is 78.0 cm³/mol. The molecule has 5 nitrogen and oxygen atoms in total. The molecule has 0 N–H and O–H groups in total. The monoisotopic (exact) mass is 297 g/mol. The molecule has 1 aromatic rings. The largest absolute Gasteiger partial charge is 0.379 e. The average molecular weight is 298 g/mol. The minimum atomic E-state index is -0.0593. The van der Waals surface area contributed by atoms with E-state index in [1.165, 1.54) is 6.20 Å². The van der Waals surface area contributed by atoms with Gasteiger partial charge in [-0.3, -0.25) is 4.79 Å². The van der Waals surface area contributed by atoms with Crippen LogP contribution in [0, 0.1) is 5.92 Å². The zero-order chi connectivity index (χ0) is 14.5. The van der Waals surface area contributed by atoms with Crippen molar-refractivity contribution in [1.29, 1.82) is 0 Å². The van der Waals surface area contributed by atoms with E-state index in [1.54, 1.807) is 12.1 Å². The Morgan fingerprint density at radius 3 is 3.00 bits per heavy atom. The van der Waals surface area contributed by atoms with Crippen LogP contribution in [0.4, 0.5) is 0 Å². The topological polar surface area (TPSA) is 45.7 Å². The van der Waals surface area contributed by atoms with Crippen molar-refractivity contribution in [2.75, 3.05) is 46.9 Å². The molecule has 1 saturated heterocycles. The Morgan fingerprint density at radius 2 is 2.35 bits per heavy atom. The first-order valence-electron chi connectivity index (χ1n) is 6.69. The minimum absolute atomic E-state index is 0.0593. The highest BCUT2D eigenvalue weighted by Crippen LogP contribution is 2.13. The molecule has 1 atom stereocenters. The van der Waals surface area contributed by atoms with E-state index in [2.05, 4.69) is 9.88 Å². The second kappa shape index (κ2) is 7.02. The van der Waals surface area contributed by atoms with E-state index in [9.17, 15) is 4.79 Å². The Hall–Kier alpha value is -1.17. The summed E-state index contributed by atoms with van der Waals surface area (Å²) >= 11 is 5.80. The molecule has 1 aliphatic heterocycles. The summed E-state index contributed by atoms with van der Waals surface area (Å²) in [6.07, 6.45) is 1.50. The first kappa shape index (κ1) is 15.2. The molecule has 110 valence electrons. The summed E-state index contributed by atoms with van der Waals surface area (Å²) in [5.74, 6) is 0.264. The summed E-state index contributed by atoms with van der Waals surface area (Å²) in [7, 11) is 4.05. The van der Waals surface area contributed by atoms with Crippen molar-refractivity contribution < 1.29 is 9.53 Å². The lowest BCUT2D eigenvalue weighted by Crippen LogP contribution is -2.39. The lowest BCUT2D eigenvalue weighted by Gasteiger charge is -2.25. The number of hydrogen-bond acceptors (Lipinski definition) is 4. The highest BCUT2D eigenvalue weighted by atomic mass is 35.5. The highest BCUT2D eigenvalue weighted by Gasteiger charge is 2.24. The van der Waals surface area contributed by atoms with Crippen LogP contribution in [0.1, 0.15) is 10.5 Å². The second-order valence-corrected chi connectivity index (χ2v) is 5.75. The van der Waals surface area contributed by atoms with Gasteiger partial charge in [0.25, 0.3) is 5.91 Å². The van der Waals surface area contributed by atoms with Crippen LogP contribution in [0.2, 0.25) is 5.02 Å². The van der Waals surface area contributed by atoms with Gasteiger partial charge in [-0.25, -0.2) is 4.98 Å². The Balaban J connectivity index is 2.05. The van der Waals surface area contributed by atoms with Crippen molar-refractivity contribution in [3.8, 4) is 0 Å².